The van der Waals surface area contributed by atoms with Crippen LogP contribution in [0.25, 0.3) is 154 Å². The number of ketones is 2. The summed E-state index contributed by atoms with van der Waals surface area (Å²) < 4.78 is 30.0. The van der Waals surface area contributed by atoms with Crippen LogP contribution in [-0.4, -0.2) is 38.0 Å². The van der Waals surface area contributed by atoms with Crippen LogP contribution in [0.4, 0.5) is 0 Å². The van der Waals surface area contributed by atoms with Crippen molar-refractivity contribution >= 4 is 121 Å². The van der Waals surface area contributed by atoms with Gasteiger partial charge in [-0.05, 0) is 348 Å². The summed E-state index contributed by atoms with van der Waals surface area (Å²) in [5.74, 6) is 3.27. The number of benzene rings is 14. The van der Waals surface area contributed by atoms with Gasteiger partial charge < -0.3 is 18.9 Å². The molecule has 0 saturated heterocycles. The van der Waals surface area contributed by atoms with Crippen LogP contribution >= 0.6 is 0 Å². The predicted molar refractivity (Wildman–Crippen MR) is 479 cm³/mol. The number of rotatable bonds is 28. The zero-order valence-electron chi connectivity index (χ0n) is 69.3. The fourth-order valence-corrected chi connectivity index (χ4v) is 20.4. The minimum Gasteiger partial charge on any atom is -0.493 e. The Morgan fingerprint density at radius 1 is 0.223 bits per heavy atom. The molecule has 16 rings (SSSR count). The maximum atomic E-state index is 14.7. The maximum absolute atomic E-state index is 14.7. The molecule has 0 radical (unpaired) electrons. The van der Waals surface area contributed by atoms with Gasteiger partial charge in [-0.15, -0.1) is 0 Å². The molecule has 0 amide bonds. The summed E-state index contributed by atoms with van der Waals surface area (Å²) in [5.41, 5.74) is 27.0. The molecule has 112 heavy (non-hydrogen) atoms. The average Bonchev–Trinajstić information content (AvgIpc) is 0.676. The molecule has 14 aromatic rings. The number of hydrogen-bond acceptors (Lipinski definition) is 6. The largest absolute Gasteiger partial charge is 0.493 e. The zero-order valence-corrected chi connectivity index (χ0v) is 69.3. The molecule has 0 unspecified atom stereocenters. The lowest BCUT2D eigenvalue weighted by Gasteiger charge is -2.28. The van der Waals surface area contributed by atoms with Gasteiger partial charge >= 0.3 is 0 Å². The van der Waals surface area contributed by atoms with Crippen LogP contribution in [0.5, 0.6) is 23.0 Å². The van der Waals surface area contributed by atoms with Gasteiger partial charge in [0.2, 0.25) is 0 Å². The SMILES string of the molecule is CCCCCCOc1ccc2c3c(c(-c4c(C)cc(C)cc4C)c4cc5c(cc4c13)c(-c1c(C)cc(C)cc1C)c1cc(OCCCCCC)c3c4cc6c(-c7c(C)cc(C)cc7C)c7c8c(ccc(OCCCCCC)c8c6cc4c(-c4c(C)cc(C)cc4C)c4cc(OCCCCCC)c5c1c43)C(=O)C=C7)C=CC2=O. The molecule has 0 bridgehead atoms. The lowest BCUT2D eigenvalue weighted by Crippen LogP contribution is -2.07. The molecule has 0 saturated carbocycles. The summed E-state index contributed by atoms with van der Waals surface area (Å²) in [6.45, 7) is 38.4. The van der Waals surface area contributed by atoms with E-state index < -0.39 is 0 Å². The number of unbranched alkanes of at least 4 members (excludes halogenated alkanes) is 12. The Hall–Kier alpha value is -10.3. The van der Waals surface area contributed by atoms with E-state index in [1.807, 2.05) is 12.1 Å². The lowest BCUT2D eigenvalue weighted by molar-refractivity contribution is 0.104. The second kappa shape index (κ2) is 31.0. The number of fused-ring (bicyclic) bond motifs is 8. The normalized spacial score (nSPS) is 12.8. The van der Waals surface area contributed by atoms with Crippen molar-refractivity contribution in [2.24, 2.45) is 0 Å². The Kier molecular flexibility index (Phi) is 21.0. The van der Waals surface area contributed by atoms with E-state index in [4.69, 9.17) is 18.9 Å². The van der Waals surface area contributed by atoms with E-state index in [1.54, 1.807) is 12.2 Å². The molecule has 14 aromatic carbocycles. The first kappa shape index (κ1) is 75.7. The third-order valence-corrected chi connectivity index (χ3v) is 24.8. The molecular weight excluding hydrogens is 1370 g/mol. The third kappa shape index (κ3) is 13.0. The van der Waals surface area contributed by atoms with E-state index in [9.17, 15) is 9.59 Å². The first-order chi connectivity index (χ1) is 54.2. The molecule has 0 aromatic heterocycles. The van der Waals surface area contributed by atoms with Gasteiger partial charge in [-0.2, -0.15) is 0 Å². The van der Waals surface area contributed by atoms with Gasteiger partial charge in [0.1, 0.15) is 23.0 Å². The predicted octanol–water partition coefficient (Wildman–Crippen LogP) is 30.1. The zero-order chi connectivity index (χ0) is 78.2. The highest BCUT2D eigenvalue weighted by Crippen LogP contribution is 2.60. The Bertz CT molecular complexity index is 5830. The lowest BCUT2D eigenvalue weighted by atomic mass is 9.76. The standard InChI is InChI=1S/C106H110O6/c1-17-21-25-29-41-109-87-39-35-71-85(107)37-33-73-95(71)101(87)79-55-77-81(53-75(79)97(73)91-63(9)45-59(5)46-64(91)10)103-89(111-43-31-27-23-19-3)58-84-100(94-69(15)51-62(8)52-70(94)16)78-56-80-76(54-82(78)104-90(112-44-32-28-24-20-4)57-83(105(103)106(84)104)99(77)93-67(13)49-61(7)50-68(93)14)98(92-65(11)47-60(6)48-66(92)12)74-34-38-86(108)72-36-40-88(102(80)96(72)74)110-42-30-26-22-18-2/h33-40,45-58H,17-32,41-44H2,1-16H3. The fraction of sp³-hybridized carbons (Fsp3) is 0.340. The van der Waals surface area contributed by atoms with Crippen LogP contribution < -0.4 is 18.9 Å². The van der Waals surface area contributed by atoms with Crippen LogP contribution in [0.2, 0.25) is 0 Å². The summed E-state index contributed by atoms with van der Waals surface area (Å²) in [6.07, 6.45) is 24.7. The number of hydrogen-bond donors (Lipinski definition) is 0. The van der Waals surface area contributed by atoms with Crippen molar-refractivity contribution in [2.75, 3.05) is 26.4 Å². The maximum Gasteiger partial charge on any atom is 0.186 e. The number of allylic oxidation sites excluding steroid dienone is 2. The van der Waals surface area contributed by atoms with E-state index in [0.717, 1.165) is 256 Å². The highest BCUT2D eigenvalue weighted by atomic mass is 16.5. The number of aryl methyl sites for hydroxylation is 12. The number of carbonyl (C=O) groups excluding carboxylic acids is 2. The van der Waals surface area contributed by atoms with Gasteiger partial charge in [-0.3, -0.25) is 9.59 Å². The molecule has 0 spiro atoms. The molecule has 570 valence electrons. The summed E-state index contributed by atoms with van der Waals surface area (Å²) >= 11 is 0. The first-order valence-electron chi connectivity index (χ1n) is 42.2. The summed E-state index contributed by atoms with van der Waals surface area (Å²) in [5, 5.41) is 19.1. The topological polar surface area (TPSA) is 71.1 Å². The van der Waals surface area contributed by atoms with Gasteiger partial charge in [0.05, 0.1) is 26.4 Å². The van der Waals surface area contributed by atoms with Crippen LogP contribution in [0.15, 0.2) is 121 Å². The van der Waals surface area contributed by atoms with Crippen LogP contribution in [0, 0.1) is 83.1 Å². The van der Waals surface area contributed by atoms with Gasteiger partial charge in [0, 0.05) is 54.2 Å². The van der Waals surface area contributed by atoms with Crippen molar-refractivity contribution in [2.45, 2.75) is 214 Å². The highest BCUT2D eigenvalue weighted by molar-refractivity contribution is 6.44. The Morgan fingerprint density at radius 2 is 0.482 bits per heavy atom. The molecule has 0 fully saturated rings. The molecular formula is C106H110O6. The molecule has 0 heterocycles. The molecule has 6 heteroatoms. The average molecular weight is 1480 g/mol. The second-order valence-corrected chi connectivity index (χ2v) is 33.4. The van der Waals surface area contributed by atoms with E-state index in [0.29, 0.717) is 37.6 Å². The first-order valence-corrected chi connectivity index (χ1v) is 42.2. The van der Waals surface area contributed by atoms with E-state index >= 15 is 0 Å². The minimum atomic E-state index is -0.00176. The minimum absolute atomic E-state index is 0.00176. The smallest absolute Gasteiger partial charge is 0.186 e. The summed E-state index contributed by atoms with van der Waals surface area (Å²) in [4.78, 5) is 29.5. The molecule has 6 nitrogen and oxygen atoms in total. The van der Waals surface area contributed by atoms with E-state index in [-0.39, 0.29) is 11.6 Å². The van der Waals surface area contributed by atoms with Gasteiger partial charge in [-0.25, -0.2) is 0 Å². The Labute approximate surface area is 662 Å². The summed E-state index contributed by atoms with van der Waals surface area (Å²) in [6, 6.07) is 42.0. The van der Waals surface area contributed by atoms with Gasteiger partial charge in [0.15, 0.2) is 11.6 Å². The van der Waals surface area contributed by atoms with Crippen LogP contribution in [0.3, 0.4) is 0 Å². The van der Waals surface area contributed by atoms with Crippen molar-refractivity contribution in [1.82, 2.24) is 0 Å². The van der Waals surface area contributed by atoms with Crippen LogP contribution in [-0.2, 0) is 0 Å². The molecule has 0 atom stereocenters. The monoisotopic (exact) mass is 1480 g/mol. The third-order valence-electron chi connectivity index (χ3n) is 24.8. The van der Waals surface area contributed by atoms with Crippen molar-refractivity contribution < 1.29 is 28.5 Å². The number of carbonyl (C=O) groups is 2. The van der Waals surface area contributed by atoms with E-state index in [2.05, 4.69) is 220 Å². The number of ether oxygens (including phenoxy) is 4. The Morgan fingerprint density at radius 3 is 0.768 bits per heavy atom. The summed E-state index contributed by atoms with van der Waals surface area (Å²) in [7, 11) is 0. The highest BCUT2D eigenvalue weighted by Gasteiger charge is 2.34. The van der Waals surface area contributed by atoms with Gasteiger partial charge in [-0.1, -0.05) is 176 Å². The van der Waals surface area contributed by atoms with Gasteiger partial charge in [0.25, 0.3) is 0 Å². The molecule has 0 aliphatic heterocycles. The quantitative estimate of drug-likeness (QED) is 0.0276. The van der Waals surface area contributed by atoms with Crippen molar-refractivity contribution in [3.63, 3.8) is 0 Å². The fourth-order valence-electron chi connectivity index (χ4n) is 20.4. The van der Waals surface area contributed by atoms with E-state index in [1.165, 1.54) is 89.0 Å². The van der Waals surface area contributed by atoms with Crippen LogP contribution in [0.1, 0.15) is 229 Å². The Balaban J connectivity index is 1.19. The molecule has 0 N–H and O–H groups in total. The second-order valence-electron chi connectivity index (χ2n) is 33.4. The molecule has 2 aliphatic rings. The van der Waals surface area contributed by atoms with Crippen molar-refractivity contribution in [3.8, 4) is 67.5 Å². The molecule has 2 aliphatic carbocycles. The van der Waals surface area contributed by atoms with Crippen molar-refractivity contribution in [3.05, 3.63) is 210 Å². The van der Waals surface area contributed by atoms with Crippen molar-refractivity contribution in [1.29, 1.82) is 0 Å².